The molecule has 0 spiro atoms. The lowest BCUT2D eigenvalue weighted by Crippen LogP contribution is -2.33. The van der Waals surface area contributed by atoms with E-state index in [1.54, 1.807) is 0 Å². The van der Waals surface area contributed by atoms with Crippen molar-refractivity contribution in [3.8, 4) is 0 Å². The Morgan fingerprint density at radius 2 is 2.21 bits per heavy atom. The molecular formula is C9H16N4O. The van der Waals surface area contributed by atoms with Gasteiger partial charge in [-0.05, 0) is 25.7 Å². The van der Waals surface area contributed by atoms with Gasteiger partial charge in [0.25, 0.3) is 0 Å². The van der Waals surface area contributed by atoms with Gasteiger partial charge in [0.2, 0.25) is 5.89 Å². The summed E-state index contributed by atoms with van der Waals surface area (Å²) in [5.41, 5.74) is 5.60. The molecule has 0 amide bonds. The lowest BCUT2D eigenvalue weighted by atomic mass is 9.82. The Hall–Kier alpha value is -1.10. The molecule has 0 saturated heterocycles. The van der Waals surface area contributed by atoms with Gasteiger partial charge >= 0.3 is 6.01 Å². The van der Waals surface area contributed by atoms with E-state index in [1.807, 2.05) is 6.92 Å². The minimum atomic E-state index is -0.196. The molecule has 0 aliphatic heterocycles. The zero-order valence-electron chi connectivity index (χ0n) is 8.53. The minimum absolute atomic E-state index is 0.196. The van der Waals surface area contributed by atoms with Crippen LogP contribution in [0.3, 0.4) is 0 Å². The Balaban J connectivity index is 1.90. The second kappa shape index (κ2) is 3.57. The fourth-order valence-corrected chi connectivity index (χ4v) is 1.67. The van der Waals surface area contributed by atoms with Gasteiger partial charge in [0, 0.05) is 6.04 Å². The number of rotatable bonds is 3. The van der Waals surface area contributed by atoms with E-state index in [2.05, 4.69) is 22.4 Å². The molecule has 5 heteroatoms. The largest absolute Gasteiger partial charge is 0.406 e. The molecule has 1 saturated carbocycles. The summed E-state index contributed by atoms with van der Waals surface area (Å²) < 4.78 is 5.33. The molecule has 1 aliphatic carbocycles. The fourth-order valence-electron chi connectivity index (χ4n) is 1.67. The average Bonchev–Trinajstić information content (AvgIpc) is 2.50. The van der Waals surface area contributed by atoms with Crippen LogP contribution in [0.4, 0.5) is 6.01 Å². The summed E-state index contributed by atoms with van der Waals surface area (Å²) in [5, 5.41) is 10.9. The standard InChI is InChI=1S/C9H16N4O/c1-5-3-7(4-5)11-9-13-12-8(14-9)6(2)10/h5-7H,3-4,10H2,1-2H3,(H,11,13). The van der Waals surface area contributed by atoms with Gasteiger partial charge in [-0.15, -0.1) is 5.10 Å². The van der Waals surface area contributed by atoms with Crippen molar-refractivity contribution >= 4 is 6.01 Å². The van der Waals surface area contributed by atoms with Crippen molar-refractivity contribution in [2.24, 2.45) is 11.7 Å². The zero-order chi connectivity index (χ0) is 10.1. The fraction of sp³-hybridized carbons (Fsp3) is 0.778. The van der Waals surface area contributed by atoms with Crippen LogP contribution in [0.1, 0.15) is 38.6 Å². The van der Waals surface area contributed by atoms with Crippen molar-refractivity contribution in [2.75, 3.05) is 5.32 Å². The molecule has 1 aromatic heterocycles. The first-order chi connectivity index (χ1) is 6.65. The van der Waals surface area contributed by atoms with E-state index in [0.29, 0.717) is 17.9 Å². The van der Waals surface area contributed by atoms with Gasteiger partial charge in [-0.2, -0.15) is 0 Å². The maximum atomic E-state index is 5.60. The Labute approximate surface area is 83.1 Å². The smallest absolute Gasteiger partial charge is 0.315 e. The molecular weight excluding hydrogens is 180 g/mol. The molecule has 78 valence electrons. The third-order valence-corrected chi connectivity index (χ3v) is 2.53. The van der Waals surface area contributed by atoms with Crippen molar-refractivity contribution < 1.29 is 4.42 Å². The van der Waals surface area contributed by atoms with Crippen molar-refractivity contribution in [1.82, 2.24) is 10.2 Å². The van der Waals surface area contributed by atoms with E-state index in [1.165, 1.54) is 12.8 Å². The SMILES string of the molecule is CC1CC(Nc2nnc(C(C)N)o2)C1. The van der Waals surface area contributed by atoms with Gasteiger partial charge in [-0.1, -0.05) is 12.0 Å². The number of nitrogens with two attached hydrogens (primary N) is 1. The van der Waals surface area contributed by atoms with Crippen LogP contribution < -0.4 is 11.1 Å². The van der Waals surface area contributed by atoms with Crippen LogP contribution in [-0.4, -0.2) is 16.2 Å². The van der Waals surface area contributed by atoms with Crippen LogP contribution >= 0.6 is 0 Å². The Morgan fingerprint density at radius 3 is 2.71 bits per heavy atom. The second-order valence-corrected chi connectivity index (χ2v) is 4.15. The molecule has 14 heavy (non-hydrogen) atoms. The Bertz CT molecular complexity index is 304. The third kappa shape index (κ3) is 1.87. The summed E-state index contributed by atoms with van der Waals surface area (Å²) in [4.78, 5) is 0. The van der Waals surface area contributed by atoms with E-state index in [0.717, 1.165) is 5.92 Å². The number of hydrogen-bond acceptors (Lipinski definition) is 5. The van der Waals surface area contributed by atoms with E-state index in [4.69, 9.17) is 10.2 Å². The average molecular weight is 196 g/mol. The van der Waals surface area contributed by atoms with Crippen molar-refractivity contribution in [1.29, 1.82) is 0 Å². The van der Waals surface area contributed by atoms with E-state index < -0.39 is 0 Å². The molecule has 1 atom stereocenters. The van der Waals surface area contributed by atoms with Crippen molar-refractivity contribution in [2.45, 2.75) is 38.8 Å². The number of anilines is 1. The number of nitrogens with one attached hydrogen (secondary N) is 1. The first kappa shape index (κ1) is 9.45. The molecule has 3 N–H and O–H groups in total. The van der Waals surface area contributed by atoms with Gasteiger partial charge in [-0.3, -0.25) is 0 Å². The molecule has 1 unspecified atom stereocenters. The lowest BCUT2D eigenvalue weighted by Gasteiger charge is -2.32. The monoisotopic (exact) mass is 196 g/mol. The highest BCUT2D eigenvalue weighted by Crippen LogP contribution is 2.29. The first-order valence-corrected chi connectivity index (χ1v) is 5.00. The molecule has 1 fully saturated rings. The predicted molar refractivity (Wildman–Crippen MR) is 52.7 cm³/mol. The maximum absolute atomic E-state index is 5.60. The molecule has 1 heterocycles. The van der Waals surface area contributed by atoms with Gasteiger partial charge in [0.15, 0.2) is 0 Å². The van der Waals surface area contributed by atoms with Crippen LogP contribution in [0, 0.1) is 5.92 Å². The highest BCUT2D eigenvalue weighted by molar-refractivity contribution is 5.21. The summed E-state index contributed by atoms with van der Waals surface area (Å²) >= 11 is 0. The molecule has 1 aliphatic rings. The summed E-state index contributed by atoms with van der Waals surface area (Å²) in [6, 6.07) is 0.791. The zero-order valence-corrected chi connectivity index (χ0v) is 8.53. The molecule has 0 radical (unpaired) electrons. The van der Waals surface area contributed by atoms with Crippen LogP contribution in [0.25, 0.3) is 0 Å². The Morgan fingerprint density at radius 1 is 1.50 bits per heavy atom. The quantitative estimate of drug-likeness (QED) is 0.762. The molecule has 5 nitrogen and oxygen atoms in total. The summed E-state index contributed by atoms with van der Waals surface area (Å²) in [6.45, 7) is 4.06. The maximum Gasteiger partial charge on any atom is 0.315 e. The summed E-state index contributed by atoms with van der Waals surface area (Å²) in [7, 11) is 0. The highest BCUT2D eigenvalue weighted by atomic mass is 16.4. The van der Waals surface area contributed by atoms with Gasteiger partial charge in [-0.25, -0.2) is 0 Å². The molecule has 2 rings (SSSR count). The van der Waals surface area contributed by atoms with Crippen LogP contribution in [0.2, 0.25) is 0 Å². The highest BCUT2D eigenvalue weighted by Gasteiger charge is 2.26. The van der Waals surface area contributed by atoms with Crippen LogP contribution in [-0.2, 0) is 0 Å². The summed E-state index contributed by atoms with van der Waals surface area (Å²) in [5.74, 6) is 1.29. The normalized spacial score (nSPS) is 28.2. The van der Waals surface area contributed by atoms with Crippen LogP contribution in [0.15, 0.2) is 4.42 Å². The van der Waals surface area contributed by atoms with Gasteiger partial charge in [0.05, 0.1) is 6.04 Å². The first-order valence-electron chi connectivity index (χ1n) is 5.00. The van der Waals surface area contributed by atoms with Crippen molar-refractivity contribution in [3.63, 3.8) is 0 Å². The van der Waals surface area contributed by atoms with E-state index in [-0.39, 0.29) is 6.04 Å². The van der Waals surface area contributed by atoms with E-state index in [9.17, 15) is 0 Å². The van der Waals surface area contributed by atoms with Gasteiger partial charge in [0.1, 0.15) is 0 Å². The third-order valence-electron chi connectivity index (χ3n) is 2.53. The second-order valence-electron chi connectivity index (χ2n) is 4.15. The number of aromatic nitrogens is 2. The number of hydrogen-bond donors (Lipinski definition) is 2. The summed E-state index contributed by atoms with van der Waals surface area (Å²) in [6.07, 6.45) is 2.35. The van der Waals surface area contributed by atoms with E-state index >= 15 is 0 Å². The topological polar surface area (TPSA) is 77.0 Å². The lowest BCUT2D eigenvalue weighted by molar-refractivity contribution is 0.302. The van der Waals surface area contributed by atoms with Crippen molar-refractivity contribution in [3.05, 3.63) is 5.89 Å². The predicted octanol–water partition coefficient (Wildman–Crippen LogP) is 1.30. The Kier molecular flexibility index (Phi) is 2.41. The minimum Gasteiger partial charge on any atom is -0.406 e. The van der Waals surface area contributed by atoms with Gasteiger partial charge < -0.3 is 15.5 Å². The molecule has 1 aromatic rings. The molecule has 0 bridgehead atoms. The van der Waals surface area contributed by atoms with Crippen LogP contribution in [0.5, 0.6) is 0 Å². The molecule has 0 aromatic carbocycles. The number of nitrogens with zero attached hydrogens (tertiary/aromatic N) is 2.